The molecule has 2 nitrogen and oxygen atoms in total. The molecule has 0 fully saturated rings. The molecule has 60 valence electrons. The van der Waals surface area contributed by atoms with Crippen LogP contribution in [0.4, 0.5) is 0 Å². The van der Waals surface area contributed by atoms with E-state index in [2.05, 4.69) is 6.58 Å². The molecule has 0 saturated heterocycles. The first-order valence-electron chi connectivity index (χ1n) is 3.61. The number of nitriles is 1. The Morgan fingerprint density at radius 1 is 1.58 bits per heavy atom. The van der Waals surface area contributed by atoms with Crippen LogP contribution in [-0.2, 0) is 6.42 Å². The van der Waals surface area contributed by atoms with Crippen LogP contribution in [0.3, 0.4) is 0 Å². The van der Waals surface area contributed by atoms with Gasteiger partial charge in [-0.15, -0.1) is 6.58 Å². The predicted octanol–water partition coefficient (Wildman–Crippen LogP) is 1.99. The van der Waals surface area contributed by atoms with Crippen molar-refractivity contribution in [1.29, 1.82) is 5.26 Å². The van der Waals surface area contributed by atoms with Crippen LogP contribution in [0.1, 0.15) is 11.1 Å². The maximum Gasteiger partial charge on any atom is 0.133 e. The molecular weight excluding hydrogens is 150 g/mol. The van der Waals surface area contributed by atoms with Crippen molar-refractivity contribution in [2.45, 2.75) is 6.42 Å². The normalized spacial score (nSPS) is 8.92. The summed E-state index contributed by atoms with van der Waals surface area (Å²) in [6, 6.07) is 6.87. The number of allylic oxidation sites excluding steroid dienone is 1. The first kappa shape index (κ1) is 8.35. The molecule has 1 aromatic carbocycles. The highest BCUT2D eigenvalue weighted by Gasteiger charge is 1.99. The zero-order chi connectivity index (χ0) is 8.97. The molecule has 0 radical (unpaired) electrons. The highest BCUT2D eigenvalue weighted by atomic mass is 16.3. The van der Waals surface area contributed by atoms with E-state index in [0.29, 0.717) is 5.56 Å². The minimum atomic E-state index is 0.0327. The Hall–Kier alpha value is -1.75. The Bertz CT molecular complexity index is 336. The molecule has 0 amide bonds. The van der Waals surface area contributed by atoms with Crippen LogP contribution < -0.4 is 0 Å². The SMILES string of the molecule is C=CCc1ccc(O)c(C#N)c1. The summed E-state index contributed by atoms with van der Waals surface area (Å²) < 4.78 is 0. The van der Waals surface area contributed by atoms with Crippen LogP contribution in [0.5, 0.6) is 5.75 Å². The molecule has 0 spiro atoms. The average Bonchev–Trinajstić information content (AvgIpc) is 2.09. The Labute approximate surface area is 71.4 Å². The maximum atomic E-state index is 9.15. The molecule has 1 N–H and O–H groups in total. The van der Waals surface area contributed by atoms with Crippen LogP contribution in [0.2, 0.25) is 0 Å². The van der Waals surface area contributed by atoms with Crippen molar-refractivity contribution >= 4 is 0 Å². The fourth-order valence-corrected chi connectivity index (χ4v) is 0.966. The second-order valence-corrected chi connectivity index (χ2v) is 2.46. The zero-order valence-electron chi connectivity index (χ0n) is 6.62. The van der Waals surface area contributed by atoms with Crippen molar-refractivity contribution in [2.75, 3.05) is 0 Å². The number of benzene rings is 1. The lowest BCUT2D eigenvalue weighted by Gasteiger charge is -1.98. The van der Waals surface area contributed by atoms with Gasteiger partial charge in [0, 0.05) is 0 Å². The topological polar surface area (TPSA) is 44.0 Å². The van der Waals surface area contributed by atoms with Gasteiger partial charge < -0.3 is 5.11 Å². The number of hydrogen-bond donors (Lipinski definition) is 1. The van der Waals surface area contributed by atoms with E-state index in [4.69, 9.17) is 10.4 Å². The van der Waals surface area contributed by atoms with Crippen LogP contribution in [0, 0.1) is 11.3 Å². The van der Waals surface area contributed by atoms with Gasteiger partial charge >= 0.3 is 0 Å². The van der Waals surface area contributed by atoms with Gasteiger partial charge in [0.2, 0.25) is 0 Å². The first-order valence-corrected chi connectivity index (χ1v) is 3.61. The summed E-state index contributed by atoms with van der Waals surface area (Å²) in [5, 5.41) is 17.7. The summed E-state index contributed by atoms with van der Waals surface area (Å²) in [4.78, 5) is 0. The Balaban J connectivity index is 3.07. The minimum Gasteiger partial charge on any atom is -0.507 e. The van der Waals surface area contributed by atoms with Crippen molar-refractivity contribution in [3.05, 3.63) is 42.0 Å². The maximum absolute atomic E-state index is 9.15. The van der Waals surface area contributed by atoms with Gasteiger partial charge in [-0.3, -0.25) is 0 Å². The molecule has 2 heteroatoms. The molecule has 0 aliphatic heterocycles. The van der Waals surface area contributed by atoms with Gasteiger partial charge in [-0.2, -0.15) is 5.26 Å². The third-order valence-corrected chi connectivity index (χ3v) is 1.56. The van der Waals surface area contributed by atoms with Crippen molar-refractivity contribution in [3.8, 4) is 11.8 Å². The third-order valence-electron chi connectivity index (χ3n) is 1.56. The number of phenolic OH excluding ortho intramolecular Hbond substituents is 1. The largest absolute Gasteiger partial charge is 0.507 e. The number of rotatable bonds is 2. The number of hydrogen-bond acceptors (Lipinski definition) is 2. The van der Waals surface area contributed by atoms with Crippen LogP contribution in [-0.4, -0.2) is 5.11 Å². The molecular formula is C10H9NO. The summed E-state index contributed by atoms with van der Waals surface area (Å²) in [6.45, 7) is 3.59. The summed E-state index contributed by atoms with van der Waals surface area (Å²) in [5.41, 5.74) is 1.30. The van der Waals surface area contributed by atoms with Gasteiger partial charge in [0.15, 0.2) is 0 Å². The lowest BCUT2D eigenvalue weighted by atomic mass is 10.1. The molecule has 1 rings (SSSR count). The Morgan fingerprint density at radius 2 is 2.33 bits per heavy atom. The molecule has 0 aliphatic rings. The number of phenols is 1. The van der Waals surface area contributed by atoms with E-state index in [-0.39, 0.29) is 5.75 Å². The Kier molecular flexibility index (Phi) is 2.49. The van der Waals surface area contributed by atoms with E-state index in [1.807, 2.05) is 6.07 Å². The van der Waals surface area contributed by atoms with Gasteiger partial charge in [-0.05, 0) is 24.1 Å². The zero-order valence-corrected chi connectivity index (χ0v) is 6.62. The average molecular weight is 159 g/mol. The molecule has 0 heterocycles. The predicted molar refractivity (Wildman–Crippen MR) is 46.7 cm³/mol. The van der Waals surface area contributed by atoms with Gasteiger partial charge in [0.05, 0.1) is 5.56 Å². The van der Waals surface area contributed by atoms with E-state index in [1.54, 1.807) is 18.2 Å². The highest BCUT2D eigenvalue weighted by Crippen LogP contribution is 2.17. The quantitative estimate of drug-likeness (QED) is 0.670. The van der Waals surface area contributed by atoms with E-state index in [0.717, 1.165) is 12.0 Å². The second kappa shape index (κ2) is 3.59. The summed E-state index contributed by atoms with van der Waals surface area (Å²) in [7, 11) is 0. The van der Waals surface area contributed by atoms with Crippen molar-refractivity contribution in [1.82, 2.24) is 0 Å². The molecule has 0 unspecified atom stereocenters. The monoisotopic (exact) mass is 159 g/mol. The standard InChI is InChI=1S/C10H9NO/c1-2-3-8-4-5-10(12)9(6-8)7-11/h2,4-6,12H,1,3H2. The molecule has 0 saturated carbocycles. The lowest BCUT2D eigenvalue weighted by molar-refractivity contribution is 0.473. The fraction of sp³-hybridized carbons (Fsp3) is 0.100. The van der Waals surface area contributed by atoms with Crippen molar-refractivity contribution in [2.24, 2.45) is 0 Å². The van der Waals surface area contributed by atoms with E-state index >= 15 is 0 Å². The molecule has 0 aliphatic carbocycles. The number of aromatic hydroxyl groups is 1. The molecule has 0 atom stereocenters. The molecule has 1 aromatic rings. The van der Waals surface area contributed by atoms with Gasteiger partial charge in [0.1, 0.15) is 11.8 Å². The van der Waals surface area contributed by atoms with Gasteiger partial charge in [-0.25, -0.2) is 0 Å². The highest BCUT2D eigenvalue weighted by molar-refractivity contribution is 5.44. The van der Waals surface area contributed by atoms with Crippen molar-refractivity contribution in [3.63, 3.8) is 0 Å². The van der Waals surface area contributed by atoms with Crippen LogP contribution in [0.25, 0.3) is 0 Å². The van der Waals surface area contributed by atoms with Gasteiger partial charge in [0.25, 0.3) is 0 Å². The van der Waals surface area contributed by atoms with Crippen LogP contribution in [0.15, 0.2) is 30.9 Å². The summed E-state index contributed by atoms with van der Waals surface area (Å²) in [6.07, 6.45) is 2.47. The van der Waals surface area contributed by atoms with E-state index in [1.165, 1.54) is 6.07 Å². The second-order valence-electron chi connectivity index (χ2n) is 2.46. The van der Waals surface area contributed by atoms with Crippen molar-refractivity contribution < 1.29 is 5.11 Å². The molecule has 12 heavy (non-hydrogen) atoms. The summed E-state index contributed by atoms with van der Waals surface area (Å²) in [5.74, 6) is 0.0327. The number of nitrogens with zero attached hydrogens (tertiary/aromatic N) is 1. The third kappa shape index (κ3) is 1.64. The van der Waals surface area contributed by atoms with E-state index in [9.17, 15) is 0 Å². The first-order chi connectivity index (χ1) is 5.77. The lowest BCUT2D eigenvalue weighted by Crippen LogP contribution is -1.83. The smallest absolute Gasteiger partial charge is 0.133 e. The van der Waals surface area contributed by atoms with E-state index < -0.39 is 0 Å². The molecule has 0 aromatic heterocycles. The molecule has 0 bridgehead atoms. The van der Waals surface area contributed by atoms with Gasteiger partial charge in [-0.1, -0.05) is 12.1 Å². The Morgan fingerprint density at radius 3 is 2.92 bits per heavy atom. The van der Waals surface area contributed by atoms with Crippen LogP contribution >= 0.6 is 0 Å². The minimum absolute atomic E-state index is 0.0327. The fourth-order valence-electron chi connectivity index (χ4n) is 0.966. The summed E-state index contributed by atoms with van der Waals surface area (Å²) >= 11 is 0.